The zero-order chi connectivity index (χ0) is 13.9. The summed E-state index contributed by atoms with van der Waals surface area (Å²) in [5.41, 5.74) is 4.39. The largest absolute Gasteiger partial charge is 0.309 e. The van der Waals surface area contributed by atoms with Crippen LogP contribution in [0.5, 0.6) is 0 Å². The summed E-state index contributed by atoms with van der Waals surface area (Å²) in [4.78, 5) is 2.40. The van der Waals surface area contributed by atoms with Crippen LogP contribution in [0.25, 0.3) is 0 Å². The summed E-state index contributed by atoms with van der Waals surface area (Å²) in [6.07, 6.45) is 8.30. The maximum Gasteiger partial charge on any atom is 0.0656 e. The highest BCUT2D eigenvalue weighted by Gasteiger charge is 2.17. The van der Waals surface area contributed by atoms with E-state index < -0.39 is 0 Å². The van der Waals surface area contributed by atoms with Gasteiger partial charge in [-0.3, -0.25) is 0 Å². The molecule has 1 saturated heterocycles. The average molecular weight is 262 g/mol. The van der Waals surface area contributed by atoms with Crippen LogP contribution in [-0.4, -0.2) is 37.3 Å². The van der Waals surface area contributed by atoms with E-state index in [2.05, 4.69) is 41.4 Å². The molecule has 4 nitrogen and oxygen atoms in total. The van der Waals surface area contributed by atoms with Crippen LogP contribution in [0.3, 0.4) is 0 Å². The molecule has 1 aliphatic heterocycles. The number of hydrogen-bond donors (Lipinski definition) is 1. The Morgan fingerprint density at radius 3 is 2.79 bits per heavy atom. The van der Waals surface area contributed by atoms with Gasteiger partial charge in [-0.15, -0.1) is 0 Å². The van der Waals surface area contributed by atoms with Crippen LogP contribution in [0.2, 0.25) is 0 Å². The molecule has 0 aromatic heterocycles. The van der Waals surface area contributed by atoms with Crippen molar-refractivity contribution in [2.24, 2.45) is 11.0 Å². The van der Waals surface area contributed by atoms with Crippen LogP contribution >= 0.6 is 0 Å². The lowest BCUT2D eigenvalue weighted by molar-refractivity contribution is 0.206. The smallest absolute Gasteiger partial charge is 0.0656 e. The van der Waals surface area contributed by atoms with Crippen molar-refractivity contribution >= 4 is 6.21 Å². The normalized spacial score (nSPS) is 18.7. The van der Waals surface area contributed by atoms with E-state index in [0.717, 1.165) is 51.9 Å². The predicted molar refractivity (Wildman–Crippen MR) is 79.9 cm³/mol. The Balaban J connectivity index is 2.11. The zero-order valence-corrected chi connectivity index (χ0v) is 12.2. The van der Waals surface area contributed by atoms with E-state index in [4.69, 9.17) is 5.26 Å². The molecule has 106 valence electrons. The van der Waals surface area contributed by atoms with Crippen molar-refractivity contribution in [2.45, 2.75) is 39.5 Å². The van der Waals surface area contributed by atoms with Crippen LogP contribution in [0.4, 0.5) is 0 Å². The van der Waals surface area contributed by atoms with E-state index in [9.17, 15) is 0 Å². The third-order valence-corrected chi connectivity index (χ3v) is 3.54. The van der Waals surface area contributed by atoms with Gasteiger partial charge in [0.2, 0.25) is 0 Å². The number of nitrogens with one attached hydrogen (secondary N) is 1. The summed E-state index contributed by atoms with van der Waals surface area (Å²) in [5, 5.41) is 13.1. The summed E-state index contributed by atoms with van der Waals surface area (Å²) in [6.45, 7) is 8.19. The monoisotopic (exact) mass is 262 g/mol. The first-order valence-electron chi connectivity index (χ1n) is 7.33. The molecule has 0 bridgehead atoms. The van der Waals surface area contributed by atoms with Crippen LogP contribution in [0.1, 0.15) is 39.5 Å². The molecule has 0 aromatic rings. The molecule has 1 N–H and O–H groups in total. The van der Waals surface area contributed by atoms with E-state index in [0.29, 0.717) is 0 Å². The summed E-state index contributed by atoms with van der Waals surface area (Å²) < 4.78 is 0. The fourth-order valence-electron chi connectivity index (χ4n) is 2.26. The molecule has 1 aliphatic rings. The van der Waals surface area contributed by atoms with Gasteiger partial charge in [0.15, 0.2) is 0 Å². The number of piperidine rings is 1. The van der Waals surface area contributed by atoms with Crippen LogP contribution in [0.15, 0.2) is 16.8 Å². The van der Waals surface area contributed by atoms with Crippen LogP contribution < -0.4 is 5.43 Å². The highest BCUT2D eigenvalue weighted by atomic mass is 15.3. The van der Waals surface area contributed by atoms with Gasteiger partial charge < -0.3 is 10.3 Å². The molecular weight excluding hydrogens is 236 g/mol. The molecule has 1 heterocycles. The molecule has 19 heavy (non-hydrogen) atoms. The SMILES string of the molecule is C/C=C(\C=N/NCCN1CCC(C#N)CC1)CCC. The number of rotatable bonds is 7. The molecule has 0 aliphatic carbocycles. The van der Waals surface area contributed by atoms with Gasteiger partial charge in [0.25, 0.3) is 0 Å². The fraction of sp³-hybridized carbons (Fsp3) is 0.733. The molecule has 0 spiro atoms. The minimum atomic E-state index is 0.272. The lowest BCUT2D eigenvalue weighted by Crippen LogP contribution is -2.37. The Bertz CT molecular complexity index is 333. The minimum Gasteiger partial charge on any atom is -0.309 e. The van der Waals surface area contributed by atoms with Gasteiger partial charge in [0, 0.05) is 25.2 Å². The molecular formula is C15H26N4. The van der Waals surface area contributed by atoms with Gasteiger partial charge in [-0.2, -0.15) is 10.4 Å². The Morgan fingerprint density at radius 1 is 1.47 bits per heavy atom. The predicted octanol–water partition coefficient (Wildman–Crippen LogP) is 2.54. The highest BCUT2D eigenvalue weighted by molar-refractivity contribution is 5.77. The summed E-state index contributed by atoms with van der Waals surface area (Å²) >= 11 is 0. The van der Waals surface area contributed by atoms with Crippen molar-refractivity contribution in [1.29, 1.82) is 5.26 Å². The zero-order valence-electron chi connectivity index (χ0n) is 12.2. The van der Waals surface area contributed by atoms with Gasteiger partial charge >= 0.3 is 0 Å². The quantitative estimate of drug-likeness (QED) is 0.436. The second kappa shape index (κ2) is 9.57. The molecule has 0 saturated carbocycles. The van der Waals surface area contributed by atoms with Crippen molar-refractivity contribution in [3.05, 3.63) is 11.6 Å². The molecule has 0 atom stereocenters. The van der Waals surface area contributed by atoms with Crippen LogP contribution in [-0.2, 0) is 0 Å². The average Bonchev–Trinajstić information content (AvgIpc) is 2.46. The molecule has 0 radical (unpaired) electrons. The van der Waals surface area contributed by atoms with Crippen molar-refractivity contribution in [2.75, 3.05) is 26.2 Å². The third kappa shape index (κ3) is 6.40. The van der Waals surface area contributed by atoms with E-state index in [1.165, 1.54) is 5.57 Å². The molecule has 1 fully saturated rings. The van der Waals surface area contributed by atoms with Gasteiger partial charge in [-0.25, -0.2) is 0 Å². The second-order valence-corrected chi connectivity index (χ2v) is 5.02. The highest BCUT2D eigenvalue weighted by Crippen LogP contribution is 2.15. The van der Waals surface area contributed by atoms with E-state index in [-0.39, 0.29) is 5.92 Å². The van der Waals surface area contributed by atoms with Crippen molar-refractivity contribution < 1.29 is 0 Å². The lowest BCUT2D eigenvalue weighted by atomic mass is 9.99. The van der Waals surface area contributed by atoms with E-state index in [1.807, 2.05) is 6.21 Å². The third-order valence-electron chi connectivity index (χ3n) is 3.54. The van der Waals surface area contributed by atoms with Crippen molar-refractivity contribution in [3.8, 4) is 6.07 Å². The van der Waals surface area contributed by atoms with Gasteiger partial charge in [0.1, 0.15) is 0 Å². The maximum absolute atomic E-state index is 8.84. The van der Waals surface area contributed by atoms with Gasteiger partial charge in [0.05, 0.1) is 6.07 Å². The Morgan fingerprint density at radius 2 is 2.21 bits per heavy atom. The lowest BCUT2D eigenvalue weighted by Gasteiger charge is -2.28. The molecule has 0 amide bonds. The first-order chi connectivity index (χ1) is 9.30. The number of nitriles is 1. The number of allylic oxidation sites excluding steroid dienone is 2. The first kappa shape index (κ1) is 15.7. The Labute approximate surface area is 117 Å². The number of hydrazone groups is 1. The molecule has 0 unspecified atom stereocenters. The number of likely N-dealkylation sites (tertiary alicyclic amines) is 1. The second-order valence-electron chi connectivity index (χ2n) is 5.02. The number of hydrogen-bond acceptors (Lipinski definition) is 4. The minimum absolute atomic E-state index is 0.272. The standard InChI is InChI=1S/C15H26N4/c1-3-5-14(4-2)13-18-17-8-11-19-9-6-15(12-16)7-10-19/h4,13,15,17H,3,5-11H2,1-2H3/b14-4-,18-13-. The summed E-state index contributed by atoms with van der Waals surface area (Å²) in [7, 11) is 0. The molecule has 4 heteroatoms. The van der Waals surface area contributed by atoms with Crippen LogP contribution in [0, 0.1) is 17.2 Å². The topological polar surface area (TPSA) is 51.4 Å². The first-order valence-corrected chi connectivity index (χ1v) is 7.33. The maximum atomic E-state index is 8.84. The van der Waals surface area contributed by atoms with E-state index in [1.54, 1.807) is 0 Å². The molecule has 1 rings (SSSR count). The fourth-order valence-corrected chi connectivity index (χ4v) is 2.26. The summed E-state index contributed by atoms with van der Waals surface area (Å²) in [6, 6.07) is 2.36. The van der Waals surface area contributed by atoms with Crippen molar-refractivity contribution in [3.63, 3.8) is 0 Å². The Hall–Kier alpha value is -1.34. The van der Waals surface area contributed by atoms with Gasteiger partial charge in [-0.05, 0) is 44.8 Å². The van der Waals surface area contributed by atoms with Crippen molar-refractivity contribution in [1.82, 2.24) is 10.3 Å². The Kier molecular flexibility index (Phi) is 7.92. The van der Waals surface area contributed by atoms with Gasteiger partial charge in [-0.1, -0.05) is 19.4 Å². The molecule has 0 aromatic carbocycles. The van der Waals surface area contributed by atoms with E-state index >= 15 is 0 Å². The number of nitrogens with zero attached hydrogens (tertiary/aromatic N) is 3. The summed E-state index contributed by atoms with van der Waals surface area (Å²) in [5.74, 6) is 0.272.